The second-order valence-corrected chi connectivity index (χ2v) is 7.26. The lowest BCUT2D eigenvalue weighted by molar-refractivity contribution is 0.312. The number of aromatic amines is 1. The fourth-order valence-corrected chi connectivity index (χ4v) is 3.62. The smallest absolute Gasteiger partial charge is 0.178 e. The highest BCUT2D eigenvalue weighted by Crippen LogP contribution is 2.24. The van der Waals surface area contributed by atoms with Crippen molar-refractivity contribution in [3.63, 3.8) is 0 Å². The van der Waals surface area contributed by atoms with Crippen LogP contribution in [0.25, 0.3) is 11.2 Å². The van der Waals surface area contributed by atoms with Gasteiger partial charge in [0.2, 0.25) is 0 Å². The Morgan fingerprint density at radius 3 is 2.96 bits per heavy atom. The van der Waals surface area contributed by atoms with Crippen molar-refractivity contribution in [2.45, 2.75) is 31.7 Å². The van der Waals surface area contributed by atoms with Gasteiger partial charge in [-0.3, -0.25) is 10.6 Å². The van der Waals surface area contributed by atoms with Crippen LogP contribution in [0.1, 0.15) is 30.7 Å². The molecule has 1 atom stereocenters. The third kappa shape index (κ3) is 3.71. The van der Waals surface area contributed by atoms with Crippen molar-refractivity contribution in [3.05, 3.63) is 52.7 Å². The number of nitrogens with zero attached hydrogens (tertiary/aromatic N) is 3. The summed E-state index contributed by atoms with van der Waals surface area (Å²) in [6.45, 7) is 1.01. The molecular weight excluding hydrogens is 383 g/mol. The van der Waals surface area contributed by atoms with E-state index in [-0.39, 0.29) is 16.5 Å². The molecule has 0 spiro atoms. The third-order valence-electron chi connectivity index (χ3n) is 4.91. The molecule has 4 rings (SSSR count). The Hall–Kier alpha value is -2.55. The molecular formula is C19H20ClFN6O. The van der Waals surface area contributed by atoms with Crippen molar-refractivity contribution in [2.24, 2.45) is 0 Å². The number of anilines is 1. The van der Waals surface area contributed by atoms with Crippen LogP contribution in [-0.2, 0) is 6.42 Å². The number of nitrogens with one attached hydrogen (secondary N) is 3. The van der Waals surface area contributed by atoms with E-state index in [0.29, 0.717) is 27.8 Å². The van der Waals surface area contributed by atoms with E-state index in [1.807, 2.05) is 0 Å². The number of hydrogen-bond acceptors (Lipinski definition) is 5. The lowest BCUT2D eigenvalue weighted by Crippen LogP contribution is -2.35. The molecule has 1 aromatic carbocycles. The first kappa shape index (κ1) is 18.8. The molecule has 0 bridgehead atoms. The van der Waals surface area contributed by atoms with Crippen molar-refractivity contribution < 1.29 is 9.60 Å². The molecule has 146 valence electrons. The Bertz CT molecular complexity index is 1020. The van der Waals surface area contributed by atoms with Crippen molar-refractivity contribution in [1.82, 2.24) is 20.3 Å². The largest absolute Gasteiger partial charge is 0.340 e. The number of aromatic nitrogens is 3. The van der Waals surface area contributed by atoms with Gasteiger partial charge in [0.25, 0.3) is 0 Å². The van der Waals surface area contributed by atoms with Crippen LogP contribution < -0.4 is 10.4 Å². The number of pyridine rings is 1. The number of benzene rings is 1. The minimum Gasteiger partial charge on any atom is -0.340 e. The molecule has 1 aliphatic heterocycles. The summed E-state index contributed by atoms with van der Waals surface area (Å²) in [5.74, 6) is 0.00344. The van der Waals surface area contributed by atoms with E-state index in [2.05, 4.69) is 20.3 Å². The van der Waals surface area contributed by atoms with Crippen LogP contribution in [0.4, 0.5) is 10.1 Å². The third-order valence-corrected chi connectivity index (χ3v) is 5.20. The summed E-state index contributed by atoms with van der Waals surface area (Å²) in [6, 6.07) is 5.74. The van der Waals surface area contributed by atoms with Gasteiger partial charge in [-0.15, -0.1) is 0 Å². The number of hydroxylamine groups is 1. The second kappa shape index (κ2) is 7.83. The van der Waals surface area contributed by atoms with Gasteiger partial charge in [-0.05, 0) is 43.7 Å². The van der Waals surface area contributed by atoms with Crippen LogP contribution in [0.2, 0.25) is 5.02 Å². The van der Waals surface area contributed by atoms with Crippen LogP contribution in [0.15, 0.2) is 30.5 Å². The second-order valence-electron chi connectivity index (χ2n) is 6.85. The number of halogens is 2. The summed E-state index contributed by atoms with van der Waals surface area (Å²) in [7, 11) is 0. The molecule has 0 radical (unpaired) electrons. The summed E-state index contributed by atoms with van der Waals surface area (Å²) >= 11 is 5.78. The molecule has 1 saturated heterocycles. The maximum Gasteiger partial charge on any atom is 0.178 e. The van der Waals surface area contributed by atoms with Crippen molar-refractivity contribution in [1.29, 1.82) is 5.41 Å². The predicted octanol–water partition coefficient (Wildman–Crippen LogP) is 3.66. The van der Waals surface area contributed by atoms with Crippen molar-refractivity contribution in [3.8, 4) is 0 Å². The number of amidine groups is 1. The fourth-order valence-electron chi connectivity index (χ4n) is 3.44. The van der Waals surface area contributed by atoms with E-state index < -0.39 is 5.82 Å². The standard InChI is InChI=1S/C19H20ClFN6O/c20-14-10-12(4-5-15(14)21)27(28)18(22)13-6-8-24-19-17(13)25-16(26-19)9-11-3-1-2-7-23-11/h4-6,8,10-11,22-23,28H,1-3,7,9H2,(H,24,25,26). The quantitative estimate of drug-likeness (QED) is 0.303. The van der Waals surface area contributed by atoms with Gasteiger partial charge < -0.3 is 10.3 Å². The number of imidazole rings is 1. The van der Waals surface area contributed by atoms with E-state index in [9.17, 15) is 9.60 Å². The zero-order chi connectivity index (χ0) is 19.7. The monoisotopic (exact) mass is 402 g/mol. The van der Waals surface area contributed by atoms with Gasteiger partial charge in [-0.2, -0.15) is 0 Å². The average molecular weight is 403 g/mol. The lowest BCUT2D eigenvalue weighted by Gasteiger charge is -2.22. The zero-order valence-corrected chi connectivity index (χ0v) is 15.8. The Balaban J connectivity index is 1.62. The first-order valence-electron chi connectivity index (χ1n) is 9.13. The van der Waals surface area contributed by atoms with Gasteiger partial charge in [0, 0.05) is 24.2 Å². The Labute approximate surface area is 166 Å². The molecule has 2 aromatic heterocycles. The molecule has 3 aromatic rings. The van der Waals surface area contributed by atoms with Gasteiger partial charge >= 0.3 is 0 Å². The summed E-state index contributed by atoms with van der Waals surface area (Å²) in [4.78, 5) is 12.0. The number of H-pyrrole nitrogens is 1. The molecule has 9 heteroatoms. The first-order chi connectivity index (χ1) is 13.5. The SMILES string of the molecule is N=C(c1ccnc2nc(CC3CCCCN3)[nH]c12)N(O)c1ccc(F)c(Cl)c1. The lowest BCUT2D eigenvalue weighted by atomic mass is 10.0. The van der Waals surface area contributed by atoms with Crippen LogP contribution >= 0.6 is 11.6 Å². The summed E-state index contributed by atoms with van der Waals surface area (Å²) in [5.41, 5.74) is 1.68. The fraction of sp³-hybridized carbons (Fsp3) is 0.316. The maximum absolute atomic E-state index is 13.4. The summed E-state index contributed by atoms with van der Waals surface area (Å²) < 4.78 is 13.4. The Morgan fingerprint density at radius 2 is 2.21 bits per heavy atom. The highest BCUT2D eigenvalue weighted by Gasteiger charge is 2.20. The molecule has 1 aliphatic rings. The van der Waals surface area contributed by atoms with Crippen LogP contribution in [-0.4, -0.2) is 38.6 Å². The maximum atomic E-state index is 13.4. The van der Waals surface area contributed by atoms with Crippen molar-refractivity contribution in [2.75, 3.05) is 11.6 Å². The van der Waals surface area contributed by atoms with Gasteiger partial charge in [-0.1, -0.05) is 18.0 Å². The highest BCUT2D eigenvalue weighted by molar-refractivity contribution is 6.31. The molecule has 0 saturated carbocycles. The summed E-state index contributed by atoms with van der Waals surface area (Å²) in [5, 5.41) is 22.9. The van der Waals surface area contributed by atoms with Crippen LogP contribution in [0.5, 0.6) is 0 Å². The minimum absolute atomic E-state index is 0.131. The molecule has 28 heavy (non-hydrogen) atoms. The normalized spacial score (nSPS) is 17.0. The van der Waals surface area contributed by atoms with E-state index in [1.54, 1.807) is 12.3 Å². The van der Waals surface area contributed by atoms with Crippen molar-refractivity contribution >= 4 is 34.3 Å². The summed E-state index contributed by atoms with van der Waals surface area (Å²) in [6.07, 6.45) is 5.79. The molecule has 3 heterocycles. The minimum atomic E-state index is -0.591. The first-order valence-corrected chi connectivity index (χ1v) is 9.50. The van der Waals surface area contributed by atoms with E-state index in [0.717, 1.165) is 31.3 Å². The zero-order valence-electron chi connectivity index (χ0n) is 15.0. The van der Waals surface area contributed by atoms with Gasteiger partial charge in [0.1, 0.15) is 11.6 Å². The van der Waals surface area contributed by atoms with Crippen LogP contribution in [0, 0.1) is 11.2 Å². The predicted molar refractivity (Wildman–Crippen MR) is 106 cm³/mol. The van der Waals surface area contributed by atoms with Gasteiger partial charge in [0.15, 0.2) is 11.5 Å². The van der Waals surface area contributed by atoms with Gasteiger partial charge in [0.05, 0.1) is 16.2 Å². The number of rotatable bonds is 4. The molecule has 7 nitrogen and oxygen atoms in total. The number of fused-ring (bicyclic) bond motifs is 1. The van der Waals surface area contributed by atoms with E-state index >= 15 is 0 Å². The molecule has 1 fully saturated rings. The topological polar surface area (TPSA) is 101 Å². The number of piperidine rings is 1. The van der Waals surface area contributed by atoms with E-state index in [4.69, 9.17) is 17.0 Å². The van der Waals surface area contributed by atoms with Gasteiger partial charge in [-0.25, -0.2) is 19.4 Å². The molecule has 1 unspecified atom stereocenters. The van der Waals surface area contributed by atoms with E-state index in [1.165, 1.54) is 25.0 Å². The molecule has 0 aliphatic carbocycles. The molecule has 4 N–H and O–H groups in total. The average Bonchev–Trinajstić information content (AvgIpc) is 3.12. The van der Waals surface area contributed by atoms with Crippen LogP contribution in [0.3, 0.4) is 0 Å². The number of hydrogen-bond donors (Lipinski definition) is 4. The highest BCUT2D eigenvalue weighted by atomic mass is 35.5. The Morgan fingerprint density at radius 1 is 1.36 bits per heavy atom. The molecule has 0 amide bonds. The Kier molecular flexibility index (Phi) is 5.25.